The van der Waals surface area contributed by atoms with Gasteiger partial charge in [-0.1, -0.05) is 18.2 Å². The van der Waals surface area contributed by atoms with Crippen molar-refractivity contribution in [3.63, 3.8) is 0 Å². The van der Waals surface area contributed by atoms with Gasteiger partial charge in [0.25, 0.3) is 5.91 Å². The largest absolute Gasteiger partial charge is 0.494 e. The van der Waals surface area contributed by atoms with Gasteiger partial charge in [0, 0.05) is 42.9 Å². The van der Waals surface area contributed by atoms with Gasteiger partial charge in [0.05, 0.1) is 6.61 Å². The van der Waals surface area contributed by atoms with Gasteiger partial charge in [0.1, 0.15) is 11.4 Å². The highest BCUT2D eigenvalue weighted by molar-refractivity contribution is 7.15. The molecule has 3 aromatic rings. The van der Waals surface area contributed by atoms with Crippen LogP contribution in [0.2, 0.25) is 0 Å². The fourth-order valence-corrected chi connectivity index (χ4v) is 4.27. The van der Waals surface area contributed by atoms with Crippen LogP contribution in [0.4, 0.5) is 0 Å². The van der Waals surface area contributed by atoms with Crippen molar-refractivity contribution in [3.8, 4) is 5.75 Å². The molecule has 6 nitrogen and oxygen atoms in total. The number of rotatable bonds is 6. The lowest BCUT2D eigenvalue weighted by atomic mass is 9.76. The van der Waals surface area contributed by atoms with E-state index < -0.39 is 0 Å². The van der Waals surface area contributed by atoms with Crippen LogP contribution in [0.5, 0.6) is 5.75 Å². The predicted octanol–water partition coefficient (Wildman–Crippen LogP) is 3.08. The van der Waals surface area contributed by atoms with Crippen molar-refractivity contribution in [2.24, 2.45) is 5.41 Å². The first kappa shape index (κ1) is 18.0. The lowest BCUT2D eigenvalue weighted by Crippen LogP contribution is -2.45. The number of amides is 1. The molecular weight excluding hydrogens is 362 g/mol. The summed E-state index contributed by atoms with van der Waals surface area (Å²) in [4.78, 5) is 19.8. The van der Waals surface area contributed by atoms with Crippen LogP contribution in [0.3, 0.4) is 0 Å². The van der Waals surface area contributed by atoms with Crippen molar-refractivity contribution < 1.29 is 14.6 Å². The van der Waals surface area contributed by atoms with E-state index in [2.05, 4.69) is 4.98 Å². The summed E-state index contributed by atoms with van der Waals surface area (Å²) in [5.41, 5.74) is 0.311. The van der Waals surface area contributed by atoms with Crippen LogP contribution in [-0.4, -0.2) is 51.6 Å². The quantitative estimate of drug-likeness (QED) is 0.708. The molecule has 0 atom stereocenters. The number of likely N-dealkylation sites (tertiary alicyclic amines) is 1. The number of benzene rings is 1. The maximum absolute atomic E-state index is 12.7. The summed E-state index contributed by atoms with van der Waals surface area (Å²) in [6.07, 6.45) is 6.02. The zero-order valence-electron chi connectivity index (χ0n) is 15.1. The summed E-state index contributed by atoms with van der Waals surface area (Å²) in [6.45, 7) is 1.95. The van der Waals surface area contributed by atoms with Crippen LogP contribution in [0, 0.1) is 5.41 Å². The van der Waals surface area contributed by atoms with E-state index in [0.29, 0.717) is 25.4 Å². The number of fused-ring (bicyclic) bond motifs is 1. The van der Waals surface area contributed by atoms with Crippen LogP contribution >= 0.6 is 11.3 Å². The highest BCUT2D eigenvalue weighted by Gasteiger charge is 2.36. The number of imidazole rings is 1. The second-order valence-electron chi connectivity index (χ2n) is 7.08. The molecule has 1 fully saturated rings. The third kappa shape index (κ3) is 3.84. The minimum absolute atomic E-state index is 0.0297. The van der Waals surface area contributed by atoms with E-state index in [1.165, 1.54) is 11.3 Å². The summed E-state index contributed by atoms with van der Waals surface area (Å²) in [5.74, 6) is 0.816. The standard InChI is InChI=1S/C20H23N3O3S/c24-15-20(8-12-26-16-4-2-1-3-5-16)6-9-22(10-7-20)18(25)17-14-23-11-13-27-19(23)21-17/h1-5,11,13-14,24H,6-10,12,15H2. The van der Waals surface area contributed by atoms with E-state index in [-0.39, 0.29) is 17.9 Å². The zero-order chi connectivity index (χ0) is 18.7. The molecule has 1 amide bonds. The van der Waals surface area contributed by atoms with Gasteiger partial charge < -0.3 is 14.7 Å². The number of aromatic nitrogens is 2. The summed E-state index contributed by atoms with van der Waals surface area (Å²) in [6, 6.07) is 9.71. The molecule has 0 unspecified atom stereocenters. The topological polar surface area (TPSA) is 67.1 Å². The number of hydrogen-bond acceptors (Lipinski definition) is 5. The molecule has 1 aliphatic heterocycles. The Morgan fingerprint density at radius 3 is 2.74 bits per heavy atom. The molecular formula is C20H23N3O3S. The number of hydrogen-bond donors (Lipinski definition) is 1. The minimum Gasteiger partial charge on any atom is -0.494 e. The summed E-state index contributed by atoms with van der Waals surface area (Å²) >= 11 is 1.52. The van der Waals surface area contributed by atoms with Crippen LogP contribution < -0.4 is 4.74 Å². The third-order valence-corrected chi connectivity index (χ3v) is 6.17. The number of piperidine rings is 1. The maximum Gasteiger partial charge on any atom is 0.274 e. The van der Waals surface area contributed by atoms with Gasteiger partial charge in [-0.05, 0) is 31.4 Å². The van der Waals surface area contributed by atoms with Crippen molar-refractivity contribution in [2.45, 2.75) is 19.3 Å². The average molecular weight is 385 g/mol. The number of carbonyl (C=O) groups excluding carboxylic acids is 1. The Labute approximate surface area is 162 Å². The average Bonchev–Trinajstić information content (AvgIpc) is 3.31. The number of para-hydroxylation sites is 1. The van der Waals surface area contributed by atoms with Crippen molar-refractivity contribution in [3.05, 3.63) is 53.8 Å². The first-order valence-corrected chi connectivity index (χ1v) is 10.1. The van der Waals surface area contributed by atoms with Crippen LogP contribution in [-0.2, 0) is 0 Å². The summed E-state index contributed by atoms with van der Waals surface area (Å²) in [5, 5.41) is 11.9. The summed E-state index contributed by atoms with van der Waals surface area (Å²) < 4.78 is 7.68. The molecule has 1 aromatic carbocycles. The Morgan fingerprint density at radius 2 is 2.04 bits per heavy atom. The lowest BCUT2D eigenvalue weighted by molar-refractivity contribution is 0.0239. The number of aliphatic hydroxyl groups is 1. The van der Waals surface area contributed by atoms with Gasteiger partial charge in [-0.15, -0.1) is 11.3 Å². The van der Waals surface area contributed by atoms with Gasteiger partial charge >= 0.3 is 0 Å². The third-order valence-electron chi connectivity index (χ3n) is 5.40. The molecule has 0 radical (unpaired) electrons. The van der Waals surface area contributed by atoms with Gasteiger partial charge in [0.15, 0.2) is 4.96 Å². The molecule has 2 aromatic heterocycles. The Kier molecular flexibility index (Phi) is 5.13. The second-order valence-corrected chi connectivity index (χ2v) is 7.95. The van der Waals surface area contributed by atoms with Crippen molar-refractivity contribution in [1.82, 2.24) is 14.3 Å². The highest BCUT2D eigenvalue weighted by Crippen LogP contribution is 2.35. The van der Waals surface area contributed by atoms with Gasteiger partial charge in [-0.3, -0.25) is 9.20 Å². The molecule has 7 heteroatoms. The Morgan fingerprint density at radius 1 is 1.26 bits per heavy atom. The molecule has 1 aliphatic rings. The Hall–Kier alpha value is -2.38. The highest BCUT2D eigenvalue weighted by atomic mass is 32.1. The van der Waals surface area contributed by atoms with Crippen molar-refractivity contribution in [1.29, 1.82) is 0 Å². The van der Waals surface area contributed by atoms with Gasteiger partial charge in [0.2, 0.25) is 0 Å². The number of ether oxygens (including phenoxy) is 1. The first-order valence-electron chi connectivity index (χ1n) is 9.19. The summed E-state index contributed by atoms with van der Waals surface area (Å²) in [7, 11) is 0. The van der Waals surface area contributed by atoms with E-state index in [1.807, 2.05) is 51.2 Å². The monoisotopic (exact) mass is 385 g/mol. The number of nitrogens with zero attached hydrogens (tertiary/aromatic N) is 3. The molecule has 142 valence electrons. The van der Waals surface area contributed by atoms with Crippen molar-refractivity contribution in [2.75, 3.05) is 26.3 Å². The second kappa shape index (κ2) is 7.70. The van der Waals surface area contributed by atoms with Gasteiger partial charge in [-0.2, -0.15) is 0 Å². The Bertz CT molecular complexity index is 869. The zero-order valence-corrected chi connectivity index (χ0v) is 15.9. The van der Waals surface area contributed by atoms with E-state index in [1.54, 1.807) is 6.20 Å². The number of aliphatic hydroxyl groups excluding tert-OH is 1. The molecule has 1 saturated heterocycles. The maximum atomic E-state index is 12.7. The van der Waals surface area contributed by atoms with E-state index >= 15 is 0 Å². The molecule has 0 saturated carbocycles. The minimum atomic E-state index is -0.180. The molecule has 0 aliphatic carbocycles. The number of thiazole rings is 1. The fourth-order valence-electron chi connectivity index (χ4n) is 3.57. The van der Waals surface area contributed by atoms with Crippen LogP contribution in [0.25, 0.3) is 4.96 Å². The molecule has 3 heterocycles. The SMILES string of the molecule is O=C(c1cn2ccsc2n1)N1CCC(CO)(CCOc2ccccc2)CC1. The normalized spacial score (nSPS) is 16.6. The lowest BCUT2D eigenvalue weighted by Gasteiger charge is -2.40. The molecule has 4 rings (SSSR count). The van der Waals surface area contributed by atoms with Crippen molar-refractivity contribution >= 4 is 22.2 Å². The molecule has 0 spiro atoms. The Balaban J connectivity index is 1.33. The van der Waals surface area contributed by atoms with Crippen LogP contribution in [0.1, 0.15) is 29.8 Å². The van der Waals surface area contributed by atoms with Gasteiger partial charge in [-0.25, -0.2) is 4.98 Å². The van der Waals surface area contributed by atoms with E-state index in [0.717, 1.165) is 30.0 Å². The number of carbonyl (C=O) groups is 1. The molecule has 0 bridgehead atoms. The molecule has 27 heavy (non-hydrogen) atoms. The smallest absolute Gasteiger partial charge is 0.274 e. The van der Waals surface area contributed by atoms with E-state index in [4.69, 9.17) is 4.74 Å². The van der Waals surface area contributed by atoms with Crippen LogP contribution in [0.15, 0.2) is 48.1 Å². The fraction of sp³-hybridized carbons (Fsp3) is 0.400. The van der Waals surface area contributed by atoms with E-state index in [9.17, 15) is 9.90 Å². The predicted molar refractivity (Wildman–Crippen MR) is 104 cm³/mol. The first-order chi connectivity index (χ1) is 13.2. The molecule has 1 N–H and O–H groups in total.